The third kappa shape index (κ3) is 2.48. The number of rotatable bonds is 4. The minimum absolute atomic E-state index is 0.325. The van der Waals surface area contributed by atoms with Crippen molar-refractivity contribution in [2.75, 3.05) is 0 Å². The smallest absolute Gasteiger partial charge is 0.336 e. The number of nitrogens with zero attached hydrogens (tertiary/aromatic N) is 1. The molecule has 0 fully saturated rings. The Morgan fingerprint density at radius 1 is 1.30 bits per heavy atom. The number of hydrogen-bond donors (Lipinski definition) is 1. The molecule has 1 aromatic carbocycles. The number of aromatic carboxylic acids is 1. The molecular formula is C15H11NO3S. The van der Waals surface area contributed by atoms with Gasteiger partial charge in [-0.3, -0.25) is 4.98 Å². The average Bonchev–Trinajstić information content (AvgIpc) is 2.88. The predicted octanol–water partition coefficient (Wildman–Crippen LogP) is 3.57. The van der Waals surface area contributed by atoms with E-state index in [0.717, 1.165) is 15.0 Å². The summed E-state index contributed by atoms with van der Waals surface area (Å²) in [5, 5.41) is 9.92. The van der Waals surface area contributed by atoms with Crippen molar-refractivity contribution in [3.05, 3.63) is 59.2 Å². The maximum absolute atomic E-state index is 11.2. The van der Waals surface area contributed by atoms with Gasteiger partial charge in [0.2, 0.25) is 0 Å². The van der Waals surface area contributed by atoms with E-state index in [0.29, 0.717) is 17.9 Å². The van der Waals surface area contributed by atoms with Gasteiger partial charge < -0.3 is 9.84 Å². The Morgan fingerprint density at radius 2 is 2.20 bits per heavy atom. The van der Waals surface area contributed by atoms with Crippen molar-refractivity contribution >= 4 is 27.4 Å². The third-order valence-electron chi connectivity index (χ3n) is 2.86. The molecule has 0 spiro atoms. The zero-order valence-corrected chi connectivity index (χ0v) is 11.3. The van der Waals surface area contributed by atoms with Gasteiger partial charge in [0, 0.05) is 21.2 Å². The van der Waals surface area contributed by atoms with Crippen molar-refractivity contribution in [1.82, 2.24) is 4.98 Å². The molecule has 2 heterocycles. The van der Waals surface area contributed by atoms with Crippen molar-refractivity contribution in [2.24, 2.45) is 0 Å². The molecule has 100 valence electrons. The van der Waals surface area contributed by atoms with Gasteiger partial charge in [-0.25, -0.2) is 4.79 Å². The molecule has 0 aliphatic heterocycles. The number of benzene rings is 1. The number of aromatic nitrogens is 1. The minimum atomic E-state index is -0.909. The minimum Gasteiger partial charge on any atom is -0.486 e. The van der Waals surface area contributed by atoms with Crippen molar-refractivity contribution in [3.63, 3.8) is 0 Å². The molecule has 0 aliphatic rings. The first-order valence-electron chi connectivity index (χ1n) is 6.01. The maximum atomic E-state index is 11.2. The van der Waals surface area contributed by atoms with E-state index in [2.05, 4.69) is 4.98 Å². The summed E-state index contributed by atoms with van der Waals surface area (Å²) in [6.45, 7) is 0.407. The van der Waals surface area contributed by atoms with E-state index in [1.807, 2.05) is 24.3 Å². The second-order valence-electron chi connectivity index (χ2n) is 4.21. The van der Waals surface area contributed by atoms with E-state index < -0.39 is 5.97 Å². The van der Waals surface area contributed by atoms with Gasteiger partial charge in [0.25, 0.3) is 0 Å². The highest BCUT2D eigenvalue weighted by Gasteiger charge is 2.11. The van der Waals surface area contributed by atoms with Crippen LogP contribution in [0.25, 0.3) is 10.1 Å². The van der Waals surface area contributed by atoms with Gasteiger partial charge >= 0.3 is 5.97 Å². The SMILES string of the molecule is O=C(O)c1cccc2sc(COc3cccnc3)cc12. The number of ether oxygens (including phenoxy) is 1. The van der Waals surface area contributed by atoms with E-state index in [4.69, 9.17) is 9.84 Å². The summed E-state index contributed by atoms with van der Waals surface area (Å²) in [7, 11) is 0. The highest BCUT2D eigenvalue weighted by molar-refractivity contribution is 7.19. The lowest BCUT2D eigenvalue weighted by Gasteiger charge is -2.02. The van der Waals surface area contributed by atoms with Crippen molar-refractivity contribution < 1.29 is 14.6 Å². The average molecular weight is 285 g/mol. The first-order chi connectivity index (χ1) is 9.74. The second kappa shape index (κ2) is 5.30. The molecule has 20 heavy (non-hydrogen) atoms. The molecule has 0 atom stereocenters. The zero-order chi connectivity index (χ0) is 13.9. The number of carboxylic acids is 1. The van der Waals surface area contributed by atoms with Crippen LogP contribution in [0.2, 0.25) is 0 Å². The Morgan fingerprint density at radius 3 is 2.95 bits per heavy atom. The predicted molar refractivity (Wildman–Crippen MR) is 77.4 cm³/mol. The maximum Gasteiger partial charge on any atom is 0.336 e. The van der Waals surface area contributed by atoms with Gasteiger partial charge in [0.15, 0.2) is 0 Å². The summed E-state index contributed by atoms with van der Waals surface area (Å²) in [6.07, 6.45) is 3.33. The topological polar surface area (TPSA) is 59.4 Å². The normalized spacial score (nSPS) is 10.6. The molecule has 0 bridgehead atoms. The van der Waals surface area contributed by atoms with Crippen LogP contribution in [0.15, 0.2) is 48.8 Å². The van der Waals surface area contributed by atoms with E-state index in [-0.39, 0.29) is 0 Å². The Bertz CT molecular complexity index is 752. The van der Waals surface area contributed by atoms with Crippen molar-refractivity contribution in [1.29, 1.82) is 0 Å². The Kier molecular flexibility index (Phi) is 3.35. The fourth-order valence-corrected chi connectivity index (χ4v) is 2.96. The van der Waals surface area contributed by atoms with Gasteiger partial charge in [-0.15, -0.1) is 11.3 Å². The highest BCUT2D eigenvalue weighted by Crippen LogP contribution is 2.29. The van der Waals surface area contributed by atoms with Crippen LogP contribution in [0.5, 0.6) is 5.75 Å². The summed E-state index contributed by atoms with van der Waals surface area (Å²) in [6, 6.07) is 10.8. The van der Waals surface area contributed by atoms with Crippen molar-refractivity contribution in [3.8, 4) is 5.75 Å². The Labute approximate surface area is 119 Å². The van der Waals surface area contributed by atoms with E-state index in [9.17, 15) is 4.79 Å². The number of carboxylic acid groups (broad SMARTS) is 1. The van der Waals surface area contributed by atoms with Crippen molar-refractivity contribution in [2.45, 2.75) is 6.61 Å². The number of carbonyl (C=O) groups is 1. The molecule has 0 saturated heterocycles. The fourth-order valence-electron chi connectivity index (χ4n) is 1.96. The standard InChI is InChI=1S/C15H11NO3S/c17-15(18)12-4-1-5-14-13(12)7-11(20-14)9-19-10-3-2-6-16-8-10/h1-8H,9H2,(H,17,18). The molecule has 0 saturated carbocycles. The van der Waals surface area contributed by atoms with Gasteiger partial charge in [0.1, 0.15) is 12.4 Å². The summed E-state index contributed by atoms with van der Waals surface area (Å²) >= 11 is 1.54. The highest BCUT2D eigenvalue weighted by atomic mass is 32.1. The molecule has 2 aromatic heterocycles. The summed E-state index contributed by atoms with van der Waals surface area (Å²) < 4.78 is 6.58. The molecular weight excluding hydrogens is 274 g/mol. The fraction of sp³-hybridized carbons (Fsp3) is 0.0667. The van der Waals surface area contributed by atoms with Crippen LogP contribution >= 0.6 is 11.3 Å². The van der Waals surface area contributed by atoms with Crippen LogP contribution in [0.4, 0.5) is 0 Å². The molecule has 0 radical (unpaired) electrons. The van der Waals surface area contributed by atoms with Crippen LogP contribution in [-0.2, 0) is 6.61 Å². The van der Waals surface area contributed by atoms with Gasteiger partial charge in [-0.2, -0.15) is 0 Å². The van der Waals surface area contributed by atoms with Crippen LogP contribution in [0, 0.1) is 0 Å². The summed E-state index contributed by atoms with van der Waals surface area (Å²) in [5.74, 6) is -0.212. The Balaban J connectivity index is 1.86. The van der Waals surface area contributed by atoms with Crippen LogP contribution in [0.3, 0.4) is 0 Å². The molecule has 3 aromatic rings. The van der Waals surface area contributed by atoms with Crippen LogP contribution < -0.4 is 4.74 Å². The van der Waals surface area contributed by atoms with E-state index >= 15 is 0 Å². The quantitative estimate of drug-likeness (QED) is 0.796. The van der Waals surface area contributed by atoms with Gasteiger partial charge in [-0.05, 0) is 30.3 Å². The molecule has 0 aliphatic carbocycles. The number of pyridine rings is 1. The molecule has 0 unspecified atom stereocenters. The largest absolute Gasteiger partial charge is 0.486 e. The molecule has 5 heteroatoms. The van der Waals surface area contributed by atoms with Crippen LogP contribution in [-0.4, -0.2) is 16.1 Å². The monoisotopic (exact) mass is 285 g/mol. The summed E-state index contributed by atoms with van der Waals surface area (Å²) in [4.78, 5) is 16.1. The summed E-state index contributed by atoms with van der Waals surface area (Å²) in [5.41, 5.74) is 0.325. The number of thiophene rings is 1. The second-order valence-corrected chi connectivity index (χ2v) is 5.38. The van der Waals surface area contributed by atoms with Gasteiger partial charge in [0.05, 0.1) is 11.8 Å². The third-order valence-corrected chi connectivity index (χ3v) is 3.93. The number of fused-ring (bicyclic) bond motifs is 1. The molecule has 1 N–H and O–H groups in total. The van der Waals surface area contributed by atoms with E-state index in [1.165, 1.54) is 11.3 Å². The van der Waals surface area contributed by atoms with E-state index in [1.54, 1.807) is 24.5 Å². The van der Waals surface area contributed by atoms with Crippen LogP contribution in [0.1, 0.15) is 15.2 Å². The lowest BCUT2D eigenvalue weighted by atomic mass is 10.1. The molecule has 3 rings (SSSR count). The van der Waals surface area contributed by atoms with Gasteiger partial charge in [-0.1, -0.05) is 6.07 Å². The molecule has 0 amide bonds. The number of hydrogen-bond acceptors (Lipinski definition) is 4. The molecule has 4 nitrogen and oxygen atoms in total. The zero-order valence-electron chi connectivity index (χ0n) is 10.4. The lowest BCUT2D eigenvalue weighted by Crippen LogP contribution is -1.95. The first-order valence-corrected chi connectivity index (χ1v) is 6.83. The lowest BCUT2D eigenvalue weighted by molar-refractivity contribution is 0.0699. The first kappa shape index (κ1) is 12.6. The Hall–Kier alpha value is -2.40.